The predicted molar refractivity (Wildman–Crippen MR) is 107 cm³/mol. The van der Waals surface area contributed by atoms with E-state index >= 15 is 0 Å². The molecule has 0 fully saturated rings. The zero-order valence-electron chi connectivity index (χ0n) is 15.5. The maximum atomic E-state index is 12.3. The van der Waals surface area contributed by atoms with Crippen molar-refractivity contribution in [1.82, 2.24) is 4.72 Å². The zero-order valence-corrected chi connectivity index (χ0v) is 16.3. The second-order valence-corrected chi connectivity index (χ2v) is 7.99. The van der Waals surface area contributed by atoms with Gasteiger partial charge in [-0.3, -0.25) is 0 Å². The third-order valence-corrected chi connectivity index (χ3v) is 5.53. The number of hydrogen-bond acceptors (Lipinski definition) is 6. The lowest BCUT2D eigenvalue weighted by molar-refractivity contribution is 0.0473. The summed E-state index contributed by atoms with van der Waals surface area (Å²) in [6, 6.07) is 11.9. The maximum absolute atomic E-state index is 12.3. The molecule has 0 amide bonds. The molecule has 1 heterocycles. The summed E-state index contributed by atoms with van der Waals surface area (Å²) >= 11 is 0. The number of fused-ring (bicyclic) bond motifs is 1. The molecule has 0 atom stereocenters. The fraction of sp³-hybridized carbons (Fsp3) is 0.143. The van der Waals surface area contributed by atoms with E-state index in [1.54, 1.807) is 12.1 Å². The van der Waals surface area contributed by atoms with E-state index in [0.29, 0.717) is 16.5 Å². The molecule has 0 saturated heterocycles. The van der Waals surface area contributed by atoms with Crippen LogP contribution in [-0.2, 0) is 21.4 Å². The summed E-state index contributed by atoms with van der Waals surface area (Å²) in [5, 5.41) is 0.670. The molecule has 0 spiro atoms. The van der Waals surface area contributed by atoms with Gasteiger partial charge in [-0.2, -0.15) is 4.72 Å². The molecule has 0 saturated carbocycles. The molecule has 0 aliphatic rings. The third kappa shape index (κ3) is 4.71. The van der Waals surface area contributed by atoms with Gasteiger partial charge in [-0.05, 0) is 42.8 Å². The van der Waals surface area contributed by atoms with Crippen LogP contribution in [0.1, 0.15) is 21.5 Å². The van der Waals surface area contributed by atoms with E-state index in [1.807, 2.05) is 13.0 Å². The molecule has 1 aromatic heterocycles. The van der Waals surface area contributed by atoms with Crippen molar-refractivity contribution in [2.24, 2.45) is 0 Å². The normalized spacial score (nSPS) is 11.2. The minimum absolute atomic E-state index is 0.0219. The molecule has 2 aromatic carbocycles. The number of carbonyl (C=O) groups excluding carboxylic acids is 1. The Balaban J connectivity index is 1.76. The standard InChI is InChI=1S/C21H17NO6S/c1-3-10-22-29(25,26)17-7-5-15(6-8-17)21(24)27-13-16-12-20(23)28-19-11-14(2)4-9-18(16)19/h1,4-9,11-12,22H,10,13H2,2H3. The minimum atomic E-state index is -3.74. The van der Waals surface area contributed by atoms with E-state index < -0.39 is 21.6 Å². The van der Waals surface area contributed by atoms with Gasteiger partial charge in [-0.1, -0.05) is 18.1 Å². The lowest BCUT2D eigenvalue weighted by Gasteiger charge is -2.08. The van der Waals surface area contributed by atoms with Crippen molar-refractivity contribution in [3.63, 3.8) is 0 Å². The van der Waals surface area contributed by atoms with Crippen LogP contribution in [0.5, 0.6) is 0 Å². The molecule has 0 bridgehead atoms. The van der Waals surface area contributed by atoms with Crippen molar-refractivity contribution in [2.75, 3.05) is 6.54 Å². The van der Waals surface area contributed by atoms with E-state index in [2.05, 4.69) is 10.6 Å². The Morgan fingerprint density at radius 2 is 1.90 bits per heavy atom. The molecule has 3 rings (SSSR count). The molecule has 0 aliphatic carbocycles. The Morgan fingerprint density at radius 3 is 2.59 bits per heavy atom. The quantitative estimate of drug-likeness (QED) is 0.380. The van der Waals surface area contributed by atoms with Crippen LogP contribution < -0.4 is 10.3 Å². The molecule has 0 radical (unpaired) electrons. The summed E-state index contributed by atoms with van der Waals surface area (Å²) in [5.74, 6) is 1.53. The fourth-order valence-corrected chi connectivity index (χ4v) is 3.61. The lowest BCUT2D eigenvalue weighted by Crippen LogP contribution is -2.23. The first-order valence-electron chi connectivity index (χ1n) is 8.54. The number of carbonyl (C=O) groups is 1. The number of rotatable bonds is 6. The van der Waals surface area contributed by atoms with Gasteiger partial charge >= 0.3 is 11.6 Å². The van der Waals surface area contributed by atoms with Crippen molar-refractivity contribution in [3.8, 4) is 12.3 Å². The first kappa shape index (κ1) is 20.3. The summed E-state index contributed by atoms with van der Waals surface area (Å²) in [7, 11) is -3.74. The largest absolute Gasteiger partial charge is 0.457 e. The van der Waals surface area contributed by atoms with Crippen LogP contribution in [-0.4, -0.2) is 20.9 Å². The summed E-state index contributed by atoms with van der Waals surface area (Å²) in [6.45, 7) is 1.61. The van der Waals surface area contributed by atoms with E-state index in [0.717, 1.165) is 5.56 Å². The number of ether oxygens (including phenoxy) is 1. The second kappa shape index (κ2) is 8.31. The van der Waals surface area contributed by atoms with Crippen LogP contribution in [0.3, 0.4) is 0 Å². The van der Waals surface area contributed by atoms with Crippen LogP contribution in [0, 0.1) is 19.3 Å². The number of aryl methyl sites for hydroxylation is 1. The van der Waals surface area contributed by atoms with Gasteiger partial charge in [0.25, 0.3) is 0 Å². The average Bonchev–Trinajstić information content (AvgIpc) is 2.70. The Labute approximate surface area is 167 Å². The topological polar surface area (TPSA) is 103 Å². The highest BCUT2D eigenvalue weighted by molar-refractivity contribution is 7.89. The number of esters is 1. The Hall–Kier alpha value is -3.41. The SMILES string of the molecule is C#CCNS(=O)(=O)c1ccc(C(=O)OCc2cc(=O)oc3cc(C)ccc23)cc1. The number of terminal acetylenes is 1. The van der Waals surface area contributed by atoms with Gasteiger partial charge in [-0.25, -0.2) is 18.0 Å². The van der Waals surface area contributed by atoms with Crippen molar-refractivity contribution >= 4 is 27.0 Å². The Bertz CT molecular complexity index is 1270. The molecule has 3 aromatic rings. The molecule has 29 heavy (non-hydrogen) atoms. The second-order valence-electron chi connectivity index (χ2n) is 6.22. The van der Waals surface area contributed by atoms with Crippen LogP contribution in [0.15, 0.2) is 62.6 Å². The predicted octanol–water partition coefficient (Wildman–Crippen LogP) is 2.37. The van der Waals surface area contributed by atoms with Gasteiger partial charge in [0, 0.05) is 17.0 Å². The summed E-state index contributed by atoms with van der Waals surface area (Å²) in [5.41, 5.74) is 1.49. The van der Waals surface area contributed by atoms with Crippen LogP contribution >= 0.6 is 0 Å². The molecular formula is C21H17NO6S. The highest BCUT2D eigenvalue weighted by Gasteiger charge is 2.15. The number of nitrogens with one attached hydrogen (secondary N) is 1. The van der Waals surface area contributed by atoms with Gasteiger partial charge in [0.2, 0.25) is 10.0 Å². The first-order valence-corrected chi connectivity index (χ1v) is 10.0. The average molecular weight is 411 g/mol. The van der Waals surface area contributed by atoms with Gasteiger partial charge in [-0.15, -0.1) is 6.42 Å². The summed E-state index contributed by atoms with van der Waals surface area (Å²) < 4.78 is 36.7. The number of hydrogen-bond donors (Lipinski definition) is 1. The molecular weight excluding hydrogens is 394 g/mol. The van der Waals surface area contributed by atoms with Crippen LogP contribution in [0.25, 0.3) is 11.0 Å². The van der Waals surface area contributed by atoms with Gasteiger partial charge in [0.1, 0.15) is 12.2 Å². The van der Waals surface area contributed by atoms with E-state index in [4.69, 9.17) is 15.6 Å². The summed E-state index contributed by atoms with van der Waals surface area (Å²) in [6.07, 6.45) is 5.05. The molecule has 1 N–H and O–H groups in total. The number of benzene rings is 2. The lowest BCUT2D eigenvalue weighted by atomic mass is 10.1. The number of sulfonamides is 1. The van der Waals surface area contributed by atoms with Gasteiger partial charge in [0.15, 0.2) is 0 Å². The molecule has 0 aliphatic heterocycles. The highest BCUT2D eigenvalue weighted by atomic mass is 32.2. The van der Waals surface area contributed by atoms with E-state index in [-0.39, 0.29) is 23.6 Å². The van der Waals surface area contributed by atoms with Crippen molar-refractivity contribution < 1.29 is 22.4 Å². The smallest absolute Gasteiger partial charge is 0.338 e. The van der Waals surface area contributed by atoms with E-state index in [1.165, 1.54) is 30.3 Å². The van der Waals surface area contributed by atoms with Gasteiger partial charge < -0.3 is 9.15 Å². The van der Waals surface area contributed by atoms with Crippen LogP contribution in [0.4, 0.5) is 0 Å². The van der Waals surface area contributed by atoms with E-state index in [9.17, 15) is 18.0 Å². The Morgan fingerprint density at radius 1 is 1.17 bits per heavy atom. The van der Waals surface area contributed by atoms with Crippen molar-refractivity contribution in [3.05, 3.63) is 75.6 Å². The molecule has 148 valence electrons. The molecule has 8 heteroatoms. The van der Waals surface area contributed by atoms with Crippen LogP contribution in [0.2, 0.25) is 0 Å². The van der Waals surface area contributed by atoms with Crippen molar-refractivity contribution in [2.45, 2.75) is 18.4 Å². The molecule has 0 unspecified atom stereocenters. The zero-order chi connectivity index (χ0) is 21.0. The summed E-state index contributed by atoms with van der Waals surface area (Å²) in [4.78, 5) is 24.0. The fourth-order valence-electron chi connectivity index (χ4n) is 2.67. The third-order valence-electron chi connectivity index (χ3n) is 4.11. The van der Waals surface area contributed by atoms with Gasteiger partial charge in [0.05, 0.1) is 17.0 Å². The molecule has 7 nitrogen and oxygen atoms in total. The Kier molecular flexibility index (Phi) is 5.82. The maximum Gasteiger partial charge on any atom is 0.338 e. The first-order chi connectivity index (χ1) is 13.8. The minimum Gasteiger partial charge on any atom is -0.457 e. The monoisotopic (exact) mass is 411 g/mol. The highest BCUT2D eigenvalue weighted by Crippen LogP contribution is 2.20. The van der Waals surface area contributed by atoms with Crippen molar-refractivity contribution in [1.29, 1.82) is 0 Å².